The number of nitrogens with zero attached hydrogens (tertiary/aromatic N) is 1. The minimum atomic E-state index is -0.937. The fraction of sp³-hybridized carbons (Fsp3) is 0.417. The van der Waals surface area contributed by atoms with E-state index >= 15 is 0 Å². The van der Waals surface area contributed by atoms with Gasteiger partial charge in [0.15, 0.2) is 0 Å². The second kappa shape index (κ2) is 5.24. The van der Waals surface area contributed by atoms with Gasteiger partial charge in [-0.3, -0.25) is 9.69 Å². The van der Waals surface area contributed by atoms with Gasteiger partial charge in [0, 0.05) is 24.7 Å². The first-order chi connectivity index (χ1) is 8.58. The molecule has 1 aromatic carbocycles. The van der Waals surface area contributed by atoms with Crippen molar-refractivity contribution in [3.8, 4) is 11.5 Å². The van der Waals surface area contributed by atoms with E-state index in [2.05, 4.69) is 0 Å². The maximum Gasteiger partial charge on any atom is 0.323 e. The summed E-state index contributed by atoms with van der Waals surface area (Å²) in [4.78, 5) is 12.8. The number of ether oxygens (including phenoxy) is 1. The Hall–Kier alpha value is -1.79. The fourth-order valence-corrected chi connectivity index (χ4v) is 1.96. The molecular formula is C12H15NO5. The minimum Gasteiger partial charge on any atom is -0.508 e. The van der Waals surface area contributed by atoms with E-state index in [0.717, 1.165) is 0 Å². The van der Waals surface area contributed by atoms with E-state index in [1.807, 2.05) is 0 Å². The molecule has 0 aromatic heterocycles. The number of aliphatic carboxylic acids is 1. The summed E-state index contributed by atoms with van der Waals surface area (Å²) in [5, 5.41) is 28.0. The van der Waals surface area contributed by atoms with Crippen molar-refractivity contribution in [3.05, 3.63) is 23.8 Å². The van der Waals surface area contributed by atoms with Crippen molar-refractivity contribution in [2.45, 2.75) is 12.6 Å². The molecule has 6 nitrogen and oxygen atoms in total. The molecule has 1 unspecified atom stereocenters. The van der Waals surface area contributed by atoms with Crippen LogP contribution in [0.4, 0.5) is 0 Å². The van der Waals surface area contributed by atoms with Gasteiger partial charge < -0.3 is 20.1 Å². The summed E-state index contributed by atoms with van der Waals surface area (Å²) in [7, 11) is 0. The molecule has 3 N–H and O–H groups in total. The summed E-state index contributed by atoms with van der Waals surface area (Å²) >= 11 is 0. The fourth-order valence-electron chi connectivity index (χ4n) is 1.96. The van der Waals surface area contributed by atoms with Gasteiger partial charge in [0.05, 0.1) is 13.2 Å². The second-order valence-corrected chi connectivity index (χ2v) is 4.21. The van der Waals surface area contributed by atoms with Gasteiger partial charge in [0.25, 0.3) is 0 Å². The van der Waals surface area contributed by atoms with E-state index in [-0.39, 0.29) is 18.1 Å². The van der Waals surface area contributed by atoms with Crippen LogP contribution < -0.4 is 0 Å². The highest BCUT2D eigenvalue weighted by molar-refractivity contribution is 5.73. The van der Waals surface area contributed by atoms with Crippen LogP contribution >= 0.6 is 0 Å². The lowest BCUT2D eigenvalue weighted by Gasteiger charge is -2.32. The van der Waals surface area contributed by atoms with E-state index in [0.29, 0.717) is 25.3 Å². The van der Waals surface area contributed by atoms with Crippen LogP contribution in [0.2, 0.25) is 0 Å². The first-order valence-electron chi connectivity index (χ1n) is 5.63. The average Bonchev–Trinajstić information content (AvgIpc) is 2.33. The number of phenols is 2. The van der Waals surface area contributed by atoms with E-state index < -0.39 is 12.0 Å². The number of carbonyl (C=O) groups is 1. The molecule has 1 atom stereocenters. The molecule has 0 aliphatic carbocycles. The number of phenolic OH excluding ortho intramolecular Hbond substituents is 2. The standard InChI is InChI=1S/C12H15NO5/c14-9-2-1-8(11(15)5-9)6-13-3-4-18-7-10(13)12(16)17/h1-2,5,10,14-15H,3-4,6-7H2,(H,16,17). The topological polar surface area (TPSA) is 90.2 Å². The van der Waals surface area contributed by atoms with Crippen LogP contribution in [0.3, 0.4) is 0 Å². The SMILES string of the molecule is O=C(O)C1COCCN1Cc1ccc(O)cc1O. The van der Waals surface area contributed by atoms with Gasteiger partial charge in [-0.25, -0.2) is 0 Å². The Labute approximate surface area is 104 Å². The number of hydrogen-bond acceptors (Lipinski definition) is 5. The number of morpholine rings is 1. The van der Waals surface area contributed by atoms with Crippen molar-refractivity contribution in [1.82, 2.24) is 4.90 Å². The van der Waals surface area contributed by atoms with Gasteiger partial charge in [-0.15, -0.1) is 0 Å². The number of rotatable bonds is 3. The molecule has 0 spiro atoms. The van der Waals surface area contributed by atoms with E-state index in [1.165, 1.54) is 12.1 Å². The summed E-state index contributed by atoms with van der Waals surface area (Å²) in [6.07, 6.45) is 0. The molecule has 18 heavy (non-hydrogen) atoms. The molecule has 0 bridgehead atoms. The second-order valence-electron chi connectivity index (χ2n) is 4.21. The van der Waals surface area contributed by atoms with Gasteiger partial charge in [0.2, 0.25) is 0 Å². The van der Waals surface area contributed by atoms with Crippen LogP contribution in [-0.2, 0) is 16.1 Å². The van der Waals surface area contributed by atoms with Gasteiger partial charge in [-0.2, -0.15) is 0 Å². The van der Waals surface area contributed by atoms with E-state index in [1.54, 1.807) is 11.0 Å². The third-order valence-electron chi connectivity index (χ3n) is 2.97. The van der Waals surface area contributed by atoms with Crippen LogP contribution in [0.25, 0.3) is 0 Å². The third kappa shape index (κ3) is 2.72. The molecule has 1 aliphatic heterocycles. The predicted octanol–water partition coefficient (Wildman–Crippen LogP) is 0.383. The Kier molecular flexibility index (Phi) is 3.69. The predicted molar refractivity (Wildman–Crippen MR) is 62.4 cm³/mol. The smallest absolute Gasteiger partial charge is 0.323 e. The van der Waals surface area contributed by atoms with Crippen LogP contribution in [0.1, 0.15) is 5.56 Å². The van der Waals surface area contributed by atoms with Crippen molar-refractivity contribution in [3.63, 3.8) is 0 Å². The van der Waals surface area contributed by atoms with E-state index in [4.69, 9.17) is 9.84 Å². The van der Waals surface area contributed by atoms with Crippen molar-refractivity contribution in [2.75, 3.05) is 19.8 Å². The lowest BCUT2D eigenvalue weighted by Crippen LogP contribution is -2.49. The first kappa shape index (κ1) is 12.7. The Morgan fingerprint density at radius 3 is 2.89 bits per heavy atom. The quantitative estimate of drug-likeness (QED) is 0.721. The van der Waals surface area contributed by atoms with Crippen molar-refractivity contribution in [1.29, 1.82) is 0 Å². The molecule has 0 saturated carbocycles. The third-order valence-corrected chi connectivity index (χ3v) is 2.97. The Morgan fingerprint density at radius 2 is 2.22 bits per heavy atom. The summed E-state index contributed by atoms with van der Waals surface area (Å²) in [6.45, 7) is 1.43. The summed E-state index contributed by atoms with van der Waals surface area (Å²) in [5.41, 5.74) is 0.584. The average molecular weight is 253 g/mol. The van der Waals surface area contributed by atoms with Crippen molar-refractivity contribution in [2.24, 2.45) is 0 Å². The summed E-state index contributed by atoms with van der Waals surface area (Å²) < 4.78 is 5.14. The molecule has 0 amide bonds. The zero-order valence-corrected chi connectivity index (χ0v) is 9.74. The number of benzene rings is 1. The molecule has 1 aromatic rings. The first-order valence-corrected chi connectivity index (χ1v) is 5.63. The molecule has 1 fully saturated rings. The lowest BCUT2D eigenvalue weighted by atomic mass is 10.1. The zero-order valence-electron chi connectivity index (χ0n) is 9.74. The van der Waals surface area contributed by atoms with E-state index in [9.17, 15) is 15.0 Å². The molecule has 98 valence electrons. The normalized spacial score (nSPS) is 20.8. The molecule has 2 rings (SSSR count). The Morgan fingerprint density at radius 1 is 1.44 bits per heavy atom. The van der Waals surface area contributed by atoms with Crippen LogP contribution in [-0.4, -0.2) is 52.0 Å². The van der Waals surface area contributed by atoms with Gasteiger partial charge in [0.1, 0.15) is 17.5 Å². The Balaban J connectivity index is 2.13. The highest BCUT2D eigenvalue weighted by atomic mass is 16.5. The Bertz CT molecular complexity index is 448. The minimum absolute atomic E-state index is 0.0204. The lowest BCUT2D eigenvalue weighted by molar-refractivity contribution is -0.150. The number of carboxylic acid groups (broad SMARTS) is 1. The number of aromatic hydroxyl groups is 2. The monoisotopic (exact) mass is 253 g/mol. The van der Waals surface area contributed by atoms with Crippen LogP contribution in [0.5, 0.6) is 11.5 Å². The summed E-state index contributed by atoms with van der Waals surface area (Å²) in [6, 6.07) is 3.59. The maximum atomic E-state index is 11.1. The van der Waals surface area contributed by atoms with Crippen molar-refractivity contribution >= 4 is 5.97 Å². The molecular weight excluding hydrogens is 238 g/mol. The molecule has 1 aliphatic rings. The zero-order chi connectivity index (χ0) is 13.1. The molecule has 1 heterocycles. The highest BCUT2D eigenvalue weighted by Crippen LogP contribution is 2.25. The largest absolute Gasteiger partial charge is 0.508 e. The number of carboxylic acids is 1. The maximum absolute atomic E-state index is 11.1. The van der Waals surface area contributed by atoms with Gasteiger partial charge >= 0.3 is 5.97 Å². The molecule has 6 heteroatoms. The van der Waals surface area contributed by atoms with Gasteiger partial charge in [-0.1, -0.05) is 6.07 Å². The van der Waals surface area contributed by atoms with Crippen LogP contribution in [0, 0.1) is 0 Å². The number of hydrogen-bond donors (Lipinski definition) is 3. The highest BCUT2D eigenvalue weighted by Gasteiger charge is 2.29. The van der Waals surface area contributed by atoms with Crippen molar-refractivity contribution < 1.29 is 24.9 Å². The van der Waals surface area contributed by atoms with Crippen LogP contribution in [0.15, 0.2) is 18.2 Å². The summed E-state index contributed by atoms with van der Waals surface area (Å²) in [5.74, 6) is -0.994. The molecule has 0 radical (unpaired) electrons. The molecule has 1 saturated heterocycles. The van der Waals surface area contributed by atoms with Gasteiger partial charge in [-0.05, 0) is 6.07 Å².